The fourth-order valence-corrected chi connectivity index (χ4v) is 0.969. The van der Waals surface area contributed by atoms with Crippen LogP contribution >= 0.6 is 0 Å². The third-order valence-electron chi connectivity index (χ3n) is 1.50. The van der Waals surface area contributed by atoms with E-state index in [0.717, 1.165) is 0 Å². The molecule has 0 aliphatic heterocycles. The maximum absolute atomic E-state index is 11.2. The molecule has 0 rings (SSSR count). The minimum absolute atomic E-state index is 0.0377. The monoisotopic (exact) mass is 199 g/mol. The zero-order chi connectivity index (χ0) is 11.0. The number of aliphatic hydroxyl groups is 1. The topological polar surface area (TPSA) is 85.2 Å². The van der Waals surface area contributed by atoms with Gasteiger partial charge in [-0.15, -0.1) is 0 Å². The van der Waals surface area contributed by atoms with Crippen LogP contribution < -0.4 is 10.6 Å². The van der Waals surface area contributed by atoms with Crippen LogP contribution in [0.15, 0.2) is 0 Å². The standard InChI is InChI=1S/C9H17N3O2/c1-7(2)12-9(14)5-8(6-10)11-3-4-13/h7-8,11,13H,3-5H2,1-2H3,(H,12,14). The van der Waals surface area contributed by atoms with Crippen molar-refractivity contribution in [2.45, 2.75) is 32.4 Å². The minimum atomic E-state index is -0.527. The van der Waals surface area contributed by atoms with Crippen LogP contribution in [0.1, 0.15) is 20.3 Å². The maximum Gasteiger partial charge on any atom is 0.222 e. The SMILES string of the molecule is CC(C)NC(=O)CC(C#N)NCCO. The zero-order valence-electron chi connectivity index (χ0n) is 8.58. The van der Waals surface area contributed by atoms with Gasteiger partial charge >= 0.3 is 0 Å². The molecule has 5 nitrogen and oxygen atoms in total. The smallest absolute Gasteiger partial charge is 0.222 e. The molecular weight excluding hydrogens is 182 g/mol. The molecule has 0 aromatic heterocycles. The molecule has 1 unspecified atom stereocenters. The third kappa shape index (κ3) is 6.40. The van der Waals surface area contributed by atoms with Gasteiger partial charge in [0.2, 0.25) is 5.91 Å². The van der Waals surface area contributed by atoms with Gasteiger partial charge in [-0.3, -0.25) is 10.1 Å². The average molecular weight is 199 g/mol. The van der Waals surface area contributed by atoms with E-state index >= 15 is 0 Å². The van der Waals surface area contributed by atoms with E-state index in [4.69, 9.17) is 10.4 Å². The zero-order valence-corrected chi connectivity index (χ0v) is 8.58. The number of hydrogen-bond donors (Lipinski definition) is 3. The first-order chi connectivity index (χ1) is 6.60. The molecular formula is C9H17N3O2. The Labute approximate surface area is 84.1 Å². The fourth-order valence-electron chi connectivity index (χ4n) is 0.969. The molecule has 0 saturated heterocycles. The second-order valence-electron chi connectivity index (χ2n) is 3.29. The summed E-state index contributed by atoms with van der Waals surface area (Å²) in [5.74, 6) is -0.156. The normalized spacial score (nSPS) is 12.2. The summed E-state index contributed by atoms with van der Waals surface area (Å²) < 4.78 is 0. The van der Waals surface area contributed by atoms with Crippen molar-refractivity contribution in [3.63, 3.8) is 0 Å². The molecule has 1 atom stereocenters. The summed E-state index contributed by atoms with van der Waals surface area (Å²) in [7, 11) is 0. The lowest BCUT2D eigenvalue weighted by Gasteiger charge is -2.12. The van der Waals surface area contributed by atoms with E-state index in [9.17, 15) is 4.79 Å². The molecule has 0 radical (unpaired) electrons. The Kier molecular flexibility index (Phi) is 6.72. The van der Waals surface area contributed by atoms with Gasteiger partial charge in [0, 0.05) is 12.6 Å². The van der Waals surface area contributed by atoms with E-state index in [1.54, 1.807) is 0 Å². The van der Waals surface area contributed by atoms with Gasteiger partial charge in [-0.1, -0.05) is 0 Å². The lowest BCUT2D eigenvalue weighted by Crippen LogP contribution is -2.38. The van der Waals surface area contributed by atoms with Crippen molar-refractivity contribution in [2.75, 3.05) is 13.2 Å². The summed E-state index contributed by atoms with van der Waals surface area (Å²) in [6.45, 7) is 4.01. The Morgan fingerprint density at radius 3 is 2.64 bits per heavy atom. The predicted molar refractivity (Wildman–Crippen MR) is 52.4 cm³/mol. The van der Waals surface area contributed by atoms with Gasteiger partial charge < -0.3 is 10.4 Å². The number of nitriles is 1. The molecule has 0 aliphatic rings. The highest BCUT2D eigenvalue weighted by Crippen LogP contribution is 1.91. The number of nitrogens with one attached hydrogen (secondary N) is 2. The molecule has 3 N–H and O–H groups in total. The predicted octanol–water partition coefficient (Wildman–Crippen LogP) is -0.625. The summed E-state index contributed by atoms with van der Waals surface area (Å²) in [5, 5.41) is 22.6. The highest BCUT2D eigenvalue weighted by Gasteiger charge is 2.12. The molecule has 0 heterocycles. The van der Waals surface area contributed by atoms with Crippen molar-refractivity contribution in [1.29, 1.82) is 5.26 Å². The summed E-state index contributed by atoms with van der Waals surface area (Å²) in [6.07, 6.45) is 0.120. The van der Waals surface area contributed by atoms with Crippen LogP contribution in [0.25, 0.3) is 0 Å². The summed E-state index contributed by atoms with van der Waals surface area (Å²) in [5.41, 5.74) is 0. The van der Waals surface area contributed by atoms with Crippen LogP contribution in [0.5, 0.6) is 0 Å². The van der Waals surface area contributed by atoms with Gasteiger partial charge in [0.25, 0.3) is 0 Å². The lowest BCUT2D eigenvalue weighted by atomic mass is 10.2. The summed E-state index contributed by atoms with van der Waals surface area (Å²) >= 11 is 0. The van der Waals surface area contributed by atoms with Crippen LogP contribution in [0.2, 0.25) is 0 Å². The number of rotatable bonds is 6. The third-order valence-corrected chi connectivity index (χ3v) is 1.50. The fraction of sp³-hybridized carbons (Fsp3) is 0.778. The van der Waals surface area contributed by atoms with E-state index < -0.39 is 6.04 Å². The highest BCUT2D eigenvalue weighted by molar-refractivity contribution is 5.77. The van der Waals surface area contributed by atoms with Gasteiger partial charge in [-0.05, 0) is 13.8 Å². The molecule has 1 amide bonds. The first kappa shape index (κ1) is 12.9. The van der Waals surface area contributed by atoms with E-state index in [0.29, 0.717) is 6.54 Å². The number of amides is 1. The minimum Gasteiger partial charge on any atom is -0.395 e. The molecule has 0 spiro atoms. The molecule has 0 aromatic carbocycles. The molecule has 0 bridgehead atoms. The Morgan fingerprint density at radius 2 is 2.21 bits per heavy atom. The van der Waals surface area contributed by atoms with Crippen molar-refractivity contribution in [3.8, 4) is 6.07 Å². The number of nitrogens with zero attached hydrogens (tertiary/aromatic N) is 1. The van der Waals surface area contributed by atoms with Crippen LogP contribution in [-0.2, 0) is 4.79 Å². The van der Waals surface area contributed by atoms with Crippen molar-refractivity contribution in [3.05, 3.63) is 0 Å². The number of aliphatic hydroxyl groups excluding tert-OH is 1. The van der Waals surface area contributed by atoms with Crippen molar-refractivity contribution < 1.29 is 9.90 Å². The van der Waals surface area contributed by atoms with Gasteiger partial charge in [0.05, 0.1) is 19.1 Å². The second kappa shape index (κ2) is 7.30. The van der Waals surface area contributed by atoms with E-state index in [1.807, 2.05) is 19.9 Å². The molecule has 80 valence electrons. The molecule has 0 aliphatic carbocycles. The van der Waals surface area contributed by atoms with Crippen molar-refractivity contribution in [1.82, 2.24) is 10.6 Å². The van der Waals surface area contributed by atoms with E-state index in [-0.39, 0.29) is 25.0 Å². The Morgan fingerprint density at radius 1 is 1.57 bits per heavy atom. The average Bonchev–Trinajstić information content (AvgIpc) is 2.10. The number of carbonyl (C=O) groups is 1. The largest absolute Gasteiger partial charge is 0.395 e. The molecule has 14 heavy (non-hydrogen) atoms. The number of carbonyl (C=O) groups excluding carboxylic acids is 1. The van der Waals surface area contributed by atoms with Crippen molar-refractivity contribution in [2.24, 2.45) is 0 Å². The summed E-state index contributed by atoms with van der Waals surface area (Å²) in [6, 6.07) is 1.51. The Hall–Kier alpha value is -1.12. The van der Waals surface area contributed by atoms with Gasteiger partial charge in [-0.2, -0.15) is 5.26 Å². The summed E-state index contributed by atoms with van der Waals surface area (Å²) in [4.78, 5) is 11.2. The Bertz CT molecular complexity index is 211. The first-order valence-corrected chi connectivity index (χ1v) is 4.63. The first-order valence-electron chi connectivity index (χ1n) is 4.63. The van der Waals surface area contributed by atoms with Crippen LogP contribution in [0.4, 0.5) is 0 Å². The number of hydrogen-bond acceptors (Lipinski definition) is 4. The van der Waals surface area contributed by atoms with E-state index in [1.165, 1.54) is 0 Å². The quantitative estimate of drug-likeness (QED) is 0.532. The molecule has 0 aromatic rings. The lowest BCUT2D eigenvalue weighted by molar-refractivity contribution is -0.121. The molecule has 0 saturated carbocycles. The van der Waals surface area contributed by atoms with Gasteiger partial charge in [0.1, 0.15) is 6.04 Å². The van der Waals surface area contributed by atoms with Crippen LogP contribution in [0, 0.1) is 11.3 Å². The molecule has 5 heteroatoms. The highest BCUT2D eigenvalue weighted by atomic mass is 16.3. The van der Waals surface area contributed by atoms with Crippen LogP contribution in [0.3, 0.4) is 0 Å². The second-order valence-corrected chi connectivity index (χ2v) is 3.29. The Balaban J connectivity index is 3.82. The van der Waals surface area contributed by atoms with Crippen molar-refractivity contribution >= 4 is 5.91 Å². The van der Waals surface area contributed by atoms with E-state index in [2.05, 4.69) is 10.6 Å². The van der Waals surface area contributed by atoms with Crippen LogP contribution in [-0.4, -0.2) is 36.2 Å². The molecule has 0 fully saturated rings. The van der Waals surface area contributed by atoms with Gasteiger partial charge in [-0.25, -0.2) is 0 Å². The van der Waals surface area contributed by atoms with Gasteiger partial charge in [0.15, 0.2) is 0 Å². The maximum atomic E-state index is 11.2.